The van der Waals surface area contributed by atoms with E-state index in [1.54, 1.807) is 0 Å². The van der Waals surface area contributed by atoms with Crippen LogP contribution in [0.2, 0.25) is 0 Å². The standard InChI is InChI=1S/C10H21NO4/c1-4-15-7-5-6-9(12)11-8-10(13-2)14-3/h10H,4-8H2,1-3H3,(H,11,12). The summed E-state index contributed by atoms with van der Waals surface area (Å²) in [7, 11) is 3.07. The zero-order valence-electron chi connectivity index (χ0n) is 9.75. The van der Waals surface area contributed by atoms with Gasteiger partial charge in [-0.15, -0.1) is 0 Å². The molecule has 0 radical (unpaired) electrons. The second kappa shape index (κ2) is 9.89. The van der Waals surface area contributed by atoms with E-state index < -0.39 is 0 Å². The number of hydrogen-bond donors (Lipinski definition) is 1. The van der Waals surface area contributed by atoms with E-state index in [9.17, 15) is 4.79 Å². The Labute approximate surface area is 91.1 Å². The molecule has 0 atom stereocenters. The normalized spacial score (nSPS) is 10.7. The van der Waals surface area contributed by atoms with Crippen molar-refractivity contribution >= 4 is 5.91 Å². The average molecular weight is 219 g/mol. The van der Waals surface area contributed by atoms with E-state index in [0.717, 1.165) is 6.42 Å². The summed E-state index contributed by atoms with van der Waals surface area (Å²) in [5, 5.41) is 2.72. The van der Waals surface area contributed by atoms with Crippen LogP contribution in [0, 0.1) is 0 Å². The predicted molar refractivity (Wildman–Crippen MR) is 56.5 cm³/mol. The highest BCUT2D eigenvalue weighted by Crippen LogP contribution is 1.92. The minimum atomic E-state index is -0.374. The van der Waals surface area contributed by atoms with Gasteiger partial charge in [-0.1, -0.05) is 0 Å². The van der Waals surface area contributed by atoms with Gasteiger partial charge in [0.05, 0.1) is 6.54 Å². The first-order chi connectivity index (χ1) is 7.24. The van der Waals surface area contributed by atoms with Crippen molar-refractivity contribution in [3.8, 4) is 0 Å². The van der Waals surface area contributed by atoms with E-state index in [1.807, 2.05) is 6.92 Å². The molecule has 0 aromatic carbocycles. The Hall–Kier alpha value is -0.650. The molecule has 15 heavy (non-hydrogen) atoms. The molecule has 0 aliphatic heterocycles. The van der Waals surface area contributed by atoms with Crippen molar-refractivity contribution in [3.63, 3.8) is 0 Å². The lowest BCUT2D eigenvalue weighted by Crippen LogP contribution is -2.34. The third-order valence-electron chi connectivity index (χ3n) is 1.89. The van der Waals surface area contributed by atoms with Crippen molar-refractivity contribution in [1.82, 2.24) is 5.32 Å². The molecule has 0 heterocycles. The monoisotopic (exact) mass is 219 g/mol. The number of methoxy groups -OCH3 is 2. The molecule has 0 saturated carbocycles. The van der Waals surface area contributed by atoms with Crippen molar-refractivity contribution in [2.45, 2.75) is 26.1 Å². The molecule has 1 N–H and O–H groups in total. The lowest BCUT2D eigenvalue weighted by Gasteiger charge is -2.13. The molecule has 0 fully saturated rings. The Kier molecular flexibility index (Phi) is 9.46. The molecule has 1 amide bonds. The van der Waals surface area contributed by atoms with Crippen LogP contribution in [0.1, 0.15) is 19.8 Å². The van der Waals surface area contributed by atoms with Gasteiger partial charge in [-0.3, -0.25) is 4.79 Å². The number of hydrogen-bond acceptors (Lipinski definition) is 4. The smallest absolute Gasteiger partial charge is 0.220 e. The Balaban J connectivity index is 3.40. The summed E-state index contributed by atoms with van der Waals surface area (Å²) >= 11 is 0. The number of carbonyl (C=O) groups is 1. The van der Waals surface area contributed by atoms with Crippen molar-refractivity contribution in [3.05, 3.63) is 0 Å². The van der Waals surface area contributed by atoms with Crippen LogP contribution < -0.4 is 5.32 Å². The molecule has 5 heteroatoms. The zero-order valence-corrected chi connectivity index (χ0v) is 9.75. The average Bonchev–Trinajstić information content (AvgIpc) is 2.26. The summed E-state index contributed by atoms with van der Waals surface area (Å²) in [6, 6.07) is 0. The predicted octanol–water partition coefficient (Wildman–Crippen LogP) is 0.538. The van der Waals surface area contributed by atoms with E-state index in [2.05, 4.69) is 5.32 Å². The van der Waals surface area contributed by atoms with Crippen LogP contribution in [-0.2, 0) is 19.0 Å². The minimum Gasteiger partial charge on any atom is -0.382 e. The fraction of sp³-hybridized carbons (Fsp3) is 0.900. The van der Waals surface area contributed by atoms with Crippen LogP contribution in [0.5, 0.6) is 0 Å². The van der Waals surface area contributed by atoms with Crippen LogP contribution in [0.25, 0.3) is 0 Å². The Bertz CT molecular complexity index is 160. The highest BCUT2D eigenvalue weighted by Gasteiger charge is 2.07. The molecule has 5 nitrogen and oxygen atoms in total. The molecule has 0 aromatic rings. The molecule has 0 aliphatic rings. The summed E-state index contributed by atoms with van der Waals surface area (Å²) in [5.74, 6) is -0.00574. The molecule has 90 valence electrons. The summed E-state index contributed by atoms with van der Waals surface area (Å²) in [6.45, 7) is 3.63. The lowest BCUT2D eigenvalue weighted by atomic mass is 10.3. The van der Waals surface area contributed by atoms with Crippen molar-refractivity contribution in [2.24, 2.45) is 0 Å². The van der Waals surface area contributed by atoms with Crippen LogP contribution in [-0.4, -0.2) is 46.2 Å². The molecule has 0 unspecified atom stereocenters. The summed E-state index contributed by atoms with van der Waals surface area (Å²) in [5.41, 5.74) is 0. The quantitative estimate of drug-likeness (QED) is 0.454. The summed E-state index contributed by atoms with van der Waals surface area (Å²) in [6.07, 6.45) is 0.839. The van der Waals surface area contributed by atoms with Gasteiger partial charge >= 0.3 is 0 Å². The summed E-state index contributed by atoms with van der Waals surface area (Å²) in [4.78, 5) is 11.3. The number of ether oxygens (including phenoxy) is 3. The van der Waals surface area contributed by atoms with Crippen molar-refractivity contribution < 1.29 is 19.0 Å². The first-order valence-electron chi connectivity index (χ1n) is 5.14. The van der Waals surface area contributed by atoms with Gasteiger partial charge < -0.3 is 19.5 Å². The first-order valence-corrected chi connectivity index (χ1v) is 5.14. The van der Waals surface area contributed by atoms with Crippen LogP contribution in [0.15, 0.2) is 0 Å². The van der Waals surface area contributed by atoms with E-state index in [-0.39, 0.29) is 12.2 Å². The highest BCUT2D eigenvalue weighted by molar-refractivity contribution is 5.75. The second-order valence-corrected chi connectivity index (χ2v) is 3.01. The Morgan fingerprint density at radius 2 is 2.00 bits per heavy atom. The van der Waals surface area contributed by atoms with Crippen molar-refractivity contribution in [2.75, 3.05) is 34.0 Å². The maximum atomic E-state index is 11.3. The largest absolute Gasteiger partial charge is 0.382 e. The first kappa shape index (κ1) is 14.3. The molecule has 0 saturated heterocycles. The zero-order chi connectivity index (χ0) is 11.5. The fourth-order valence-electron chi connectivity index (χ4n) is 1.03. The molecule has 0 aromatic heterocycles. The van der Waals surface area contributed by atoms with Gasteiger partial charge in [0.15, 0.2) is 6.29 Å². The maximum Gasteiger partial charge on any atom is 0.220 e. The van der Waals surface area contributed by atoms with Crippen LogP contribution in [0.3, 0.4) is 0 Å². The molecule has 0 bridgehead atoms. The number of carbonyl (C=O) groups excluding carboxylic acids is 1. The molecule has 0 spiro atoms. The van der Waals surface area contributed by atoms with Gasteiger partial charge in [0, 0.05) is 33.9 Å². The third kappa shape index (κ3) is 8.35. The number of rotatable bonds is 9. The van der Waals surface area contributed by atoms with Gasteiger partial charge in [0.2, 0.25) is 5.91 Å². The second-order valence-electron chi connectivity index (χ2n) is 3.01. The minimum absolute atomic E-state index is 0.00574. The fourth-order valence-corrected chi connectivity index (χ4v) is 1.03. The molecular formula is C10H21NO4. The third-order valence-corrected chi connectivity index (χ3v) is 1.89. The number of amides is 1. The van der Waals surface area contributed by atoms with Gasteiger partial charge in [0.25, 0.3) is 0 Å². The van der Waals surface area contributed by atoms with E-state index in [4.69, 9.17) is 14.2 Å². The van der Waals surface area contributed by atoms with Crippen LogP contribution in [0.4, 0.5) is 0 Å². The Morgan fingerprint density at radius 1 is 1.33 bits per heavy atom. The lowest BCUT2D eigenvalue weighted by molar-refractivity contribution is -0.127. The SMILES string of the molecule is CCOCCCC(=O)NCC(OC)OC. The van der Waals surface area contributed by atoms with Gasteiger partial charge in [-0.05, 0) is 13.3 Å². The summed E-state index contributed by atoms with van der Waals surface area (Å²) < 4.78 is 15.0. The topological polar surface area (TPSA) is 56.8 Å². The van der Waals surface area contributed by atoms with Crippen molar-refractivity contribution in [1.29, 1.82) is 0 Å². The molecule has 0 rings (SSSR count). The van der Waals surface area contributed by atoms with Gasteiger partial charge in [-0.25, -0.2) is 0 Å². The molecular weight excluding hydrogens is 198 g/mol. The van der Waals surface area contributed by atoms with Crippen LogP contribution >= 0.6 is 0 Å². The maximum absolute atomic E-state index is 11.3. The Morgan fingerprint density at radius 3 is 2.53 bits per heavy atom. The van der Waals surface area contributed by atoms with E-state index in [1.165, 1.54) is 14.2 Å². The molecule has 0 aliphatic carbocycles. The van der Waals surface area contributed by atoms with E-state index >= 15 is 0 Å². The van der Waals surface area contributed by atoms with Gasteiger partial charge in [0.1, 0.15) is 0 Å². The van der Waals surface area contributed by atoms with Gasteiger partial charge in [-0.2, -0.15) is 0 Å². The highest BCUT2D eigenvalue weighted by atomic mass is 16.7. The number of nitrogens with one attached hydrogen (secondary N) is 1. The van der Waals surface area contributed by atoms with E-state index in [0.29, 0.717) is 26.2 Å².